The van der Waals surface area contributed by atoms with Gasteiger partial charge in [-0.3, -0.25) is 9.78 Å². The van der Waals surface area contributed by atoms with Gasteiger partial charge in [-0.05, 0) is 31.2 Å². The maximum atomic E-state index is 10.9. The van der Waals surface area contributed by atoms with Crippen molar-refractivity contribution < 1.29 is 4.79 Å². The second-order valence-electron chi connectivity index (χ2n) is 3.68. The van der Waals surface area contributed by atoms with Gasteiger partial charge in [0.25, 0.3) is 0 Å². The van der Waals surface area contributed by atoms with Gasteiger partial charge >= 0.3 is 0 Å². The van der Waals surface area contributed by atoms with E-state index >= 15 is 0 Å². The van der Waals surface area contributed by atoms with Gasteiger partial charge in [0.05, 0.1) is 11.4 Å². The van der Waals surface area contributed by atoms with Crippen LogP contribution in [0.4, 0.5) is 0 Å². The first kappa shape index (κ1) is 10.5. The molecule has 1 amide bonds. The lowest BCUT2D eigenvalue weighted by Crippen LogP contribution is -2.24. The van der Waals surface area contributed by atoms with Crippen molar-refractivity contribution in [3.05, 3.63) is 35.7 Å². The Labute approximate surface area is 94.1 Å². The fourth-order valence-corrected chi connectivity index (χ4v) is 1.45. The van der Waals surface area contributed by atoms with Gasteiger partial charge < -0.3 is 0 Å². The molecular weight excluding hydrogens is 202 g/mol. The van der Waals surface area contributed by atoms with Crippen LogP contribution in [0.25, 0.3) is 6.08 Å². The summed E-state index contributed by atoms with van der Waals surface area (Å²) in [6.07, 6.45) is 4.99. The molecule has 1 aliphatic rings. The average molecular weight is 215 g/mol. The van der Waals surface area contributed by atoms with Crippen LogP contribution < -0.4 is 5.43 Å². The van der Waals surface area contributed by atoms with Crippen molar-refractivity contribution in [2.75, 3.05) is 0 Å². The summed E-state index contributed by atoms with van der Waals surface area (Å²) in [7, 11) is 0. The third-order valence-electron chi connectivity index (χ3n) is 2.29. The van der Waals surface area contributed by atoms with Gasteiger partial charge in [0.2, 0.25) is 5.91 Å². The Morgan fingerprint density at radius 1 is 1.31 bits per heavy atom. The quantitative estimate of drug-likeness (QED) is 0.815. The predicted molar refractivity (Wildman–Crippen MR) is 62.8 cm³/mol. The number of hydrazone groups is 1. The van der Waals surface area contributed by atoms with Crippen LogP contribution in [0, 0.1) is 6.92 Å². The highest BCUT2D eigenvalue weighted by Crippen LogP contribution is 2.04. The van der Waals surface area contributed by atoms with E-state index in [2.05, 4.69) is 15.5 Å². The Bertz CT molecular complexity index is 463. The first-order valence-electron chi connectivity index (χ1n) is 5.21. The monoisotopic (exact) mass is 215 g/mol. The molecule has 1 aromatic rings. The summed E-state index contributed by atoms with van der Waals surface area (Å²) in [5.74, 6) is -0.0224. The fraction of sp³-hybridized carbons (Fsp3) is 0.250. The third-order valence-corrected chi connectivity index (χ3v) is 2.29. The highest BCUT2D eigenvalue weighted by atomic mass is 16.2. The van der Waals surface area contributed by atoms with E-state index in [0.29, 0.717) is 12.8 Å². The molecule has 0 unspecified atom stereocenters. The van der Waals surface area contributed by atoms with Crippen molar-refractivity contribution in [1.82, 2.24) is 10.4 Å². The molecule has 82 valence electrons. The van der Waals surface area contributed by atoms with Crippen LogP contribution >= 0.6 is 0 Å². The van der Waals surface area contributed by atoms with Crippen LogP contribution in [0.2, 0.25) is 0 Å². The van der Waals surface area contributed by atoms with Gasteiger partial charge in [-0.2, -0.15) is 5.10 Å². The number of amides is 1. The molecule has 0 aromatic carbocycles. The van der Waals surface area contributed by atoms with Gasteiger partial charge in [0.1, 0.15) is 0 Å². The van der Waals surface area contributed by atoms with Crippen LogP contribution in [0.5, 0.6) is 0 Å². The molecule has 2 heterocycles. The Morgan fingerprint density at radius 3 is 2.88 bits per heavy atom. The summed E-state index contributed by atoms with van der Waals surface area (Å²) >= 11 is 0. The van der Waals surface area contributed by atoms with E-state index in [-0.39, 0.29) is 5.91 Å². The molecule has 1 N–H and O–H groups in total. The number of aromatic nitrogens is 1. The number of rotatable bonds is 2. The SMILES string of the molecule is Cc1cccc(C=CC2=NNC(=O)CC2)n1. The van der Waals surface area contributed by atoms with Gasteiger partial charge in [-0.15, -0.1) is 0 Å². The zero-order valence-electron chi connectivity index (χ0n) is 9.10. The molecule has 2 rings (SSSR count). The lowest BCUT2D eigenvalue weighted by Gasteiger charge is -2.07. The first-order chi connectivity index (χ1) is 7.74. The van der Waals surface area contributed by atoms with E-state index in [0.717, 1.165) is 17.1 Å². The molecule has 4 nitrogen and oxygen atoms in total. The average Bonchev–Trinajstić information content (AvgIpc) is 2.28. The largest absolute Gasteiger partial charge is 0.273 e. The normalized spacial score (nSPS) is 16.1. The molecule has 0 saturated carbocycles. The van der Waals surface area contributed by atoms with E-state index in [1.165, 1.54) is 0 Å². The predicted octanol–water partition coefficient (Wildman–Crippen LogP) is 1.67. The Hall–Kier alpha value is -1.97. The molecule has 0 saturated heterocycles. The second kappa shape index (κ2) is 4.70. The van der Waals surface area contributed by atoms with Gasteiger partial charge in [0.15, 0.2) is 0 Å². The van der Waals surface area contributed by atoms with Crippen molar-refractivity contribution in [1.29, 1.82) is 0 Å². The highest BCUT2D eigenvalue weighted by molar-refractivity contribution is 6.01. The van der Waals surface area contributed by atoms with E-state index < -0.39 is 0 Å². The van der Waals surface area contributed by atoms with E-state index in [1.807, 2.05) is 37.3 Å². The van der Waals surface area contributed by atoms with Crippen molar-refractivity contribution in [2.45, 2.75) is 19.8 Å². The summed E-state index contributed by atoms with van der Waals surface area (Å²) in [5, 5.41) is 3.95. The summed E-state index contributed by atoms with van der Waals surface area (Å²) in [5.41, 5.74) is 5.22. The summed E-state index contributed by atoms with van der Waals surface area (Å²) in [4.78, 5) is 15.2. The molecule has 16 heavy (non-hydrogen) atoms. The maximum absolute atomic E-state index is 10.9. The molecule has 0 radical (unpaired) electrons. The minimum absolute atomic E-state index is 0.0224. The highest BCUT2D eigenvalue weighted by Gasteiger charge is 2.08. The van der Waals surface area contributed by atoms with Crippen molar-refractivity contribution in [3.8, 4) is 0 Å². The number of nitrogens with zero attached hydrogens (tertiary/aromatic N) is 2. The summed E-state index contributed by atoms with van der Waals surface area (Å²) in [6.45, 7) is 1.95. The number of hydrogen-bond donors (Lipinski definition) is 1. The number of nitrogens with one attached hydrogen (secondary N) is 1. The first-order valence-corrected chi connectivity index (χ1v) is 5.21. The number of aryl methyl sites for hydroxylation is 1. The van der Waals surface area contributed by atoms with Gasteiger partial charge in [-0.1, -0.05) is 6.07 Å². The van der Waals surface area contributed by atoms with E-state index in [9.17, 15) is 4.79 Å². The number of hydrogen-bond acceptors (Lipinski definition) is 3. The molecule has 1 aliphatic heterocycles. The summed E-state index contributed by atoms with van der Waals surface area (Å²) in [6, 6.07) is 5.85. The molecule has 1 aromatic heterocycles. The zero-order chi connectivity index (χ0) is 11.4. The summed E-state index contributed by atoms with van der Waals surface area (Å²) < 4.78 is 0. The van der Waals surface area contributed by atoms with E-state index in [1.54, 1.807) is 0 Å². The Kier molecular flexibility index (Phi) is 3.10. The van der Waals surface area contributed by atoms with Gasteiger partial charge in [-0.25, -0.2) is 5.43 Å². The number of pyridine rings is 1. The van der Waals surface area contributed by atoms with Crippen molar-refractivity contribution in [2.24, 2.45) is 5.10 Å². The minimum atomic E-state index is -0.0224. The van der Waals surface area contributed by atoms with Gasteiger partial charge in [0, 0.05) is 18.5 Å². The van der Waals surface area contributed by atoms with Crippen LogP contribution in [0.3, 0.4) is 0 Å². The third kappa shape index (κ3) is 2.76. The molecule has 0 bridgehead atoms. The fourth-order valence-electron chi connectivity index (χ4n) is 1.45. The molecule has 0 aliphatic carbocycles. The van der Waals surface area contributed by atoms with Crippen LogP contribution in [-0.2, 0) is 4.79 Å². The number of carbonyl (C=O) groups is 1. The van der Waals surface area contributed by atoms with Crippen LogP contribution in [0.15, 0.2) is 29.4 Å². The molecule has 4 heteroatoms. The number of allylic oxidation sites excluding steroid dienone is 1. The minimum Gasteiger partial charge on any atom is -0.273 e. The smallest absolute Gasteiger partial charge is 0.240 e. The lowest BCUT2D eigenvalue weighted by molar-refractivity contribution is -0.121. The Balaban J connectivity index is 2.07. The Morgan fingerprint density at radius 2 is 2.19 bits per heavy atom. The zero-order valence-corrected chi connectivity index (χ0v) is 9.10. The lowest BCUT2D eigenvalue weighted by atomic mass is 10.1. The molecule has 0 atom stereocenters. The second-order valence-corrected chi connectivity index (χ2v) is 3.68. The van der Waals surface area contributed by atoms with Crippen molar-refractivity contribution >= 4 is 17.7 Å². The molecular formula is C12H13N3O. The molecule has 0 fully saturated rings. The van der Waals surface area contributed by atoms with E-state index in [4.69, 9.17) is 0 Å². The van der Waals surface area contributed by atoms with Crippen molar-refractivity contribution in [3.63, 3.8) is 0 Å². The molecule has 0 spiro atoms. The number of carbonyl (C=O) groups excluding carboxylic acids is 1. The standard InChI is InChI=1S/C12H13N3O/c1-9-3-2-4-10(13-9)5-6-11-7-8-12(16)15-14-11/h2-6H,7-8H2,1H3,(H,15,16). The van der Waals surface area contributed by atoms with Crippen LogP contribution in [-0.4, -0.2) is 16.6 Å². The van der Waals surface area contributed by atoms with Crippen LogP contribution in [0.1, 0.15) is 24.2 Å². The topological polar surface area (TPSA) is 54.4 Å². The maximum Gasteiger partial charge on any atom is 0.240 e.